The Bertz CT molecular complexity index is 1050. The van der Waals surface area contributed by atoms with Crippen LogP contribution in [0.4, 0.5) is 0 Å². The van der Waals surface area contributed by atoms with E-state index in [0.717, 1.165) is 43.8 Å². The molecule has 0 unspecified atom stereocenters. The summed E-state index contributed by atoms with van der Waals surface area (Å²) in [5.74, 6) is 0.997. The van der Waals surface area contributed by atoms with E-state index in [2.05, 4.69) is 27.0 Å². The van der Waals surface area contributed by atoms with Crippen molar-refractivity contribution in [3.05, 3.63) is 90.0 Å². The van der Waals surface area contributed by atoms with Crippen molar-refractivity contribution in [1.82, 2.24) is 19.8 Å². The number of carbonyl (C=O) groups is 1. The topological polar surface area (TPSA) is 58.6 Å². The summed E-state index contributed by atoms with van der Waals surface area (Å²) < 4.78 is 6.34. The fourth-order valence-corrected chi connectivity index (χ4v) is 4.87. The zero-order valence-electron chi connectivity index (χ0n) is 18.3. The molecule has 2 fully saturated rings. The number of aromatic nitrogens is 2. The third-order valence-corrected chi connectivity index (χ3v) is 6.67. The van der Waals surface area contributed by atoms with E-state index in [-0.39, 0.29) is 18.1 Å². The predicted molar refractivity (Wildman–Crippen MR) is 122 cm³/mol. The molecule has 3 aromatic rings. The van der Waals surface area contributed by atoms with Gasteiger partial charge in [-0.25, -0.2) is 0 Å². The summed E-state index contributed by atoms with van der Waals surface area (Å²) in [7, 11) is 0. The van der Waals surface area contributed by atoms with E-state index >= 15 is 0 Å². The Morgan fingerprint density at radius 2 is 1.69 bits per heavy atom. The van der Waals surface area contributed by atoms with Gasteiger partial charge in [0, 0.05) is 50.5 Å². The highest BCUT2D eigenvalue weighted by Gasteiger charge is 2.46. The predicted octanol–water partition coefficient (Wildman–Crippen LogP) is 3.89. The summed E-state index contributed by atoms with van der Waals surface area (Å²) >= 11 is 0. The Labute approximate surface area is 188 Å². The monoisotopic (exact) mass is 428 g/mol. The zero-order chi connectivity index (χ0) is 21.9. The maximum atomic E-state index is 13.0. The fourth-order valence-electron chi connectivity index (χ4n) is 4.87. The third-order valence-electron chi connectivity index (χ3n) is 6.67. The highest BCUT2D eigenvalue weighted by molar-refractivity contribution is 5.95. The van der Waals surface area contributed by atoms with E-state index in [4.69, 9.17) is 4.74 Å². The number of nitrogens with zero attached hydrogens (tertiary/aromatic N) is 4. The van der Waals surface area contributed by atoms with Gasteiger partial charge in [0.05, 0.1) is 11.6 Å². The number of pyridine rings is 2. The summed E-state index contributed by atoms with van der Waals surface area (Å²) in [5, 5.41) is 0. The second-order valence-corrected chi connectivity index (χ2v) is 8.61. The standard InChI is InChI=1S/C26H28N4O2/c1-19-7-12-28-17-23(19)26(31)29-15-10-21(11-16-29)30-18-24(32-22-5-3-2-4-6-22)25(30)20-8-13-27-14-9-20/h2-9,12-14,17,21,24-25H,10-11,15-16,18H2,1H3/t24-,25-/m0/s1. The van der Waals surface area contributed by atoms with E-state index < -0.39 is 0 Å². The Balaban J connectivity index is 1.26. The Hall–Kier alpha value is -3.25. The Morgan fingerprint density at radius 1 is 0.969 bits per heavy atom. The average Bonchev–Trinajstić information content (AvgIpc) is 2.83. The van der Waals surface area contributed by atoms with Crippen LogP contribution in [0.15, 0.2) is 73.3 Å². The molecule has 5 rings (SSSR count). The number of hydrogen-bond acceptors (Lipinski definition) is 5. The van der Waals surface area contributed by atoms with Gasteiger partial charge in [0.25, 0.3) is 5.91 Å². The van der Waals surface area contributed by atoms with Gasteiger partial charge in [-0.15, -0.1) is 0 Å². The molecule has 32 heavy (non-hydrogen) atoms. The second kappa shape index (κ2) is 9.09. The first-order chi connectivity index (χ1) is 15.7. The Kier molecular flexibility index (Phi) is 5.86. The number of benzene rings is 1. The van der Waals surface area contributed by atoms with Gasteiger partial charge in [-0.3, -0.25) is 19.7 Å². The van der Waals surface area contributed by atoms with Gasteiger partial charge < -0.3 is 9.64 Å². The molecular formula is C26H28N4O2. The van der Waals surface area contributed by atoms with Crippen LogP contribution in [0.1, 0.15) is 40.4 Å². The van der Waals surface area contributed by atoms with E-state index in [9.17, 15) is 4.79 Å². The number of aryl methyl sites for hydroxylation is 1. The Morgan fingerprint density at radius 3 is 2.41 bits per heavy atom. The van der Waals surface area contributed by atoms with Crippen molar-refractivity contribution in [2.24, 2.45) is 0 Å². The molecule has 2 saturated heterocycles. The van der Waals surface area contributed by atoms with Crippen molar-refractivity contribution in [2.45, 2.75) is 38.0 Å². The molecule has 1 amide bonds. The molecule has 2 aliphatic rings. The number of likely N-dealkylation sites (tertiary alicyclic amines) is 2. The quantitative estimate of drug-likeness (QED) is 0.617. The normalized spacial score (nSPS) is 21.7. The molecule has 6 heteroatoms. The van der Waals surface area contributed by atoms with Gasteiger partial charge in [-0.05, 0) is 61.2 Å². The fraction of sp³-hybridized carbons (Fsp3) is 0.346. The lowest BCUT2D eigenvalue weighted by Crippen LogP contribution is -2.61. The minimum atomic E-state index is 0.0913. The number of amides is 1. The molecule has 0 N–H and O–H groups in total. The smallest absolute Gasteiger partial charge is 0.255 e. The number of ether oxygens (including phenoxy) is 1. The minimum Gasteiger partial charge on any atom is -0.487 e. The van der Waals surface area contributed by atoms with Gasteiger partial charge in [0.15, 0.2) is 0 Å². The molecule has 1 aromatic carbocycles. The second-order valence-electron chi connectivity index (χ2n) is 8.61. The van der Waals surface area contributed by atoms with Crippen LogP contribution in [0.5, 0.6) is 5.75 Å². The first-order valence-corrected chi connectivity index (χ1v) is 11.3. The van der Waals surface area contributed by atoms with E-state index in [1.54, 1.807) is 12.4 Å². The highest BCUT2D eigenvalue weighted by Crippen LogP contribution is 2.40. The summed E-state index contributed by atoms with van der Waals surface area (Å²) in [6.07, 6.45) is 9.15. The number of hydrogen-bond donors (Lipinski definition) is 0. The van der Waals surface area contributed by atoms with Gasteiger partial charge >= 0.3 is 0 Å². The van der Waals surface area contributed by atoms with Crippen molar-refractivity contribution in [2.75, 3.05) is 19.6 Å². The molecule has 2 aliphatic heterocycles. The van der Waals surface area contributed by atoms with Crippen LogP contribution < -0.4 is 4.74 Å². The van der Waals surface area contributed by atoms with Crippen LogP contribution in [0, 0.1) is 6.92 Å². The van der Waals surface area contributed by atoms with Crippen molar-refractivity contribution in [1.29, 1.82) is 0 Å². The lowest BCUT2D eigenvalue weighted by Gasteiger charge is -2.53. The van der Waals surface area contributed by atoms with Gasteiger partial charge in [0.1, 0.15) is 11.9 Å². The number of piperidine rings is 1. The summed E-state index contributed by atoms with van der Waals surface area (Å²) in [4.78, 5) is 25.8. The van der Waals surface area contributed by atoms with Gasteiger partial charge in [-0.1, -0.05) is 18.2 Å². The molecule has 6 nitrogen and oxygen atoms in total. The molecule has 0 spiro atoms. The SMILES string of the molecule is Cc1ccncc1C(=O)N1CCC(N2C[C@H](Oc3ccccc3)[C@@H]2c2ccncc2)CC1. The van der Waals surface area contributed by atoms with Crippen LogP contribution in [0.3, 0.4) is 0 Å². The highest BCUT2D eigenvalue weighted by atomic mass is 16.5. The van der Waals surface area contributed by atoms with Crippen LogP contribution >= 0.6 is 0 Å². The zero-order valence-corrected chi connectivity index (χ0v) is 18.3. The van der Waals surface area contributed by atoms with Crippen molar-refractivity contribution in [3.8, 4) is 5.75 Å². The van der Waals surface area contributed by atoms with Gasteiger partial charge in [0.2, 0.25) is 0 Å². The lowest BCUT2D eigenvalue weighted by molar-refractivity contribution is -0.0842. The van der Waals surface area contributed by atoms with Crippen molar-refractivity contribution >= 4 is 5.91 Å². The molecule has 0 radical (unpaired) electrons. The first-order valence-electron chi connectivity index (χ1n) is 11.3. The van der Waals surface area contributed by atoms with E-state index in [0.29, 0.717) is 11.6 Å². The number of para-hydroxylation sites is 1. The van der Waals surface area contributed by atoms with Gasteiger partial charge in [-0.2, -0.15) is 0 Å². The molecule has 0 bridgehead atoms. The maximum Gasteiger partial charge on any atom is 0.255 e. The summed E-state index contributed by atoms with van der Waals surface area (Å²) in [6.45, 7) is 4.39. The molecule has 4 heterocycles. The average molecular weight is 429 g/mol. The molecular weight excluding hydrogens is 400 g/mol. The van der Waals surface area contributed by atoms with E-state index in [1.165, 1.54) is 5.56 Å². The minimum absolute atomic E-state index is 0.0913. The summed E-state index contributed by atoms with van der Waals surface area (Å²) in [6, 6.07) is 16.7. The molecule has 0 aliphatic carbocycles. The van der Waals surface area contributed by atoms with Crippen molar-refractivity contribution < 1.29 is 9.53 Å². The maximum absolute atomic E-state index is 13.0. The molecule has 164 valence electrons. The van der Waals surface area contributed by atoms with Crippen LogP contribution in [-0.4, -0.2) is 57.5 Å². The van der Waals surface area contributed by atoms with Crippen molar-refractivity contribution in [3.63, 3.8) is 0 Å². The molecule has 2 atom stereocenters. The third kappa shape index (κ3) is 4.10. The van der Waals surface area contributed by atoms with Crippen LogP contribution in [0.2, 0.25) is 0 Å². The number of carbonyl (C=O) groups excluding carboxylic acids is 1. The lowest BCUT2D eigenvalue weighted by atomic mass is 9.87. The van der Waals surface area contributed by atoms with Crippen LogP contribution in [-0.2, 0) is 0 Å². The summed E-state index contributed by atoms with van der Waals surface area (Å²) in [5.41, 5.74) is 2.92. The largest absolute Gasteiger partial charge is 0.487 e. The molecule has 2 aromatic heterocycles. The first kappa shape index (κ1) is 20.6. The number of rotatable bonds is 5. The van der Waals surface area contributed by atoms with E-state index in [1.807, 2.05) is 60.6 Å². The van der Waals surface area contributed by atoms with Crippen LogP contribution in [0.25, 0.3) is 0 Å². The molecule has 0 saturated carbocycles.